The van der Waals surface area contributed by atoms with Crippen LogP contribution in [0, 0.1) is 0 Å². The van der Waals surface area contributed by atoms with Crippen LogP contribution in [0.25, 0.3) is 6.08 Å². The van der Waals surface area contributed by atoms with Crippen molar-refractivity contribution in [1.82, 2.24) is 0 Å². The van der Waals surface area contributed by atoms with Crippen LogP contribution in [0.3, 0.4) is 0 Å². The molecule has 1 aliphatic rings. The molecule has 0 radical (unpaired) electrons. The molecule has 0 aromatic heterocycles. The van der Waals surface area contributed by atoms with Crippen LogP contribution in [-0.2, 0) is 14.4 Å². The van der Waals surface area contributed by atoms with E-state index in [-0.39, 0.29) is 5.78 Å². The van der Waals surface area contributed by atoms with Gasteiger partial charge in [0, 0.05) is 16.7 Å². The van der Waals surface area contributed by atoms with Gasteiger partial charge in [0.25, 0.3) is 0 Å². The van der Waals surface area contributed by atoms with Crippen molar-refractivity contribution in [2.45, 2.75) is 23.6 Å². The monoisotopic (exact) mass is 395 g/mol. The minimum atomic E-state index is -0.437. The Morgan fingerprint density at radius 3 is 2.22 bits per heavy atom. The smallest absolute Gasteiger partial charge is 0.318 e. The summed E-state index contributed by atoms with van der Waals surface area (Å²) in [7, 11) is 0. The number of nitrogens with zero attached hydrogens (tertiary/aromatic N) is 1. The summed E-state index contributed by atoms with van der Waals surface area (Å²) >= 11 is 3.10. The molecule has 2 aromatic rings. The van der Waals surface area contributed by atoms with Gasteiger partial charge in [-0.3, -0.25) is 4.79 Å². The molecule has 0 fully saturated rings. The van der Waals surface area contributed by atoms with E-state index >= 15 is 0 Å². The third kappa shape index (κ3) is 5.45. The maximum Gasteiger partial charge on any atom is 0.331 e. The summed E-state index contributed by atoms with van der Waals surface area (Å²) in [5.41, 5.74) is 2.55. The Kier molecular flexibility index (Phi) is 6.32. The average molecular weight is 396 g/mol. The molecule has 0 saturated carbocycles. The first kappa shape index (κ1) is 19.2. The van der Waals surface area contributed by atoms with E-state index in [1.807, 2.05) is 54.6 Å². The molecule has 1 heterocycles. The van der Waals surface area contributed by atoms with Crippen LogP contribution < -0.4 is 0 Å². The van der Waals surface area contributed by atoms with Gasteiger partial charge >= 0.3 is 5.97 Å². The second-order valence-corrected chi connectivity index (χ2v) is 7.84. The van der Waals surface area contributed by atoms with E-state index in [9.17, 15) is 9.59 Å². The Labute approximate surface area is 166 Å². The molecule has 0 amide bonds. The van der Waals surface area contributed by atoms with Crippen molar-refractivity contribution in [3.63, 3.8) is 0 Å². The molecule has 3 rings (SSSR count). The van der Waals surface area contributed by atoms with E-state index in [1.165, 1.54) is 18.7 Å². The van der Waals surface area contributed by atoms with E-state index < -0.39 is 5.97 Å². The highest BCUT2D eigenvalue weighted by Gasteiger charge is 2.11. The van der Waals surface area contributed by atoms with Gasteiger partial charge in [0.2, 0.25) is 0 Å². The van der Waals surface area contributed by atoms with Crippen LogP contribution in [-0.4, -0.2) is 17.5 Å². The number of benzene rings is 2. The van der Waals surface area contributed by atoms with Crippen molar-refractivity contribution in [3.8, 4) is 0 Å². The summed E-state index contributed by atoms with van der Waals surface area (Å²) in [6.45, 7) is 3.11. The quantitative estimate of drug-likeness (QED) is 0.298. The summed E-state index contributed by atoms with van der Waals surface area (Å²) in [5.74, 6) is -0.376. The SMILES string of the molecule is CC(=O)O/N=C(\C)c1ccc(Sc2ccc(/C=C3\SC=CC3=O)cc2)cc1. The highest BCUT2D eigenvalue weighted by molar-refractivity contribution is 8.07. The molecule has 0 unspecified atom stereocenters. The lowest BCUT2D eigenvalue weighted by molar-refractivity contribution is -0.140. The number of ketones is 1. The molecule has 6 heteroatoms. The lowest BCUT2D eigenvalue weighted by Gasteiger charge is -2.05. The highest BCUT2D eigenvalue weighted by Crippen LogP contribution is 2.30. The third-order valence-corrected chi connectivity index (χ3v) is 5.51. The van der Waals surface area contributed by atoms with Crippen molar-refractivity contribution in [1.29, 1.82) is 0 Å². The zero-order valence-electron chi connectivity index (χ0n) is 14.8. The summed E-state index contributed by atoms with van der Waals surface area (Å²) in [5, 5.41) is 5.60. The Balaban J connectivity index is 1.64. The zero-order valence-corrected chi connectivity index (χ0v) is 16.5. The fourth-order valence-corrected chi connectivity index (χ4v) is 3.83. The fraction of sp³-hybridized carbons (Fsp3) is 0.0952. The van der Waals surface area contributed by atoms with Gasteiger partial charge < -0.3 is 4.84 Å². The maximum atomic E-state index is 11.6. The Bertz CT molecular complexity index is 942. The van der Waals surface area contributed by atoms with E-state index in [0.717, 1.165) is 25.8 Å². The number of carbonyl (C=O) groups is 2. The lowest BCUT2D eigenvalue weighted by Crippen LogP contribution is -1.99. The van der Waals surface area contributed by atoms with Gasteiger partial charge in [-0.2, -0.15) is 0 Å². The molecule has 0 spiro atoms. The predicted molar refractivity (Wildman–Crippen MR) is 111 cm³/mol. The van der Waals surface area contributed by atoms with Crippen LogP contribution in [0.5, 0.6) is 0 Å². The molecule has 1 aliphatic heterocycles. The molecule has 0 aliphatic carbocycles. The minimum absolute atomic E-state index is 0.0612. The Hall–Kier alpha value is -2.57. The van der Waals surface area contributed by atoms with Gasteiger partial charge in [-0.1, -0.05) is 52.9 Å². The average Bonchev–Trinajstić information content (AvgIpc) is 3.06. The largest absolute Gasteiger partial charge is 0.331 e. The topological polar surface area (TPSA) is 55.7 Å². The van der Waals surface area contributed by atoms with Crippen molar-refractivity contribution < 1.29 is 14.4 Å². The van der Waals surface area contributed by atoms with Crippen LogP contribution in [0.2, 0.25) is 0 Å². The second-order valence-electron chi connectivity index (χ2n) is 5.75. The molecule has 0 saturated heterocycles. The molecule has 0 N–H and O–H groups in total. The number of thioether (sulfide) groups is 1. The number of rotatable bonds is 5. The normalized spacial score (nSPS) is 15.4. The lowest BCUT2D eigenvalue weighted by atomic mass is 10.1. The number of carbonyl (C=O) groups excluding carboxylic acids is 2. The van der Waals surface area contributed by atoms with E-state index in [2.05, 4.69) is 9.99 Å². The highest BCUT2D eigenvalue weighted by atomic mass is 32.2. The van der Waals surface area contributed by atoms with Gasteiger partial charge in [-0.25, -0.2) is 4.79 Å². The molecule has 27 heavy (non-hydrogen) atoms. The molecule has 4 nitrogen and oxygen atoms in total. The van der Waals surface area contributed by atoms with E-state index in [1.54, 1.807) is 30.2 Å². The van der Waals surface area contributed by atoms with Crippen molar-refractivity contribution in [2.75, 3.05) is 0 Å². The van der Waals surface area contributed by atoms with Crippen molar-refractivity contribution in [3.05, 3.63) is 76.0 Å². The molecular weight excluding hydrogens is 378 g/mol. The first-order chi connectivity index (χ1) is 13.0. The maximum absolute atomic E-state index is 11.6. The van der Waals surface area contributed by atoms with Crippen molar-refractivity contribution >= 4 is 47.1 Å². The summed E-state index contributed by atoms with van der Waals surface area (Å²) < 4.78 is 0. The summed E-state index contributed by atoms with van der Waals surface area (Å²) in [4.78, 5) is 30.1. The van der Waals surface area contributed by atoms with Gasteiger partial charge in [-0.15, -0.1) is 0 Å². The second kappa shape index (κ2) is 8.88. The summed E-state index contributed by atoms with van der Waals surface area (Å²) in [6.07, 6.45) is 3.49. The molecule has 0 atom stereocenters. The molecule has 0 bridgehead atoms. The van der Waals surface area contributed by atoms with Crippen LogP contribution >= 0.6 is 23.5 Å². The first-order valence-electron chi connectivity index (χ1n) is 8.21. The van der Waals surface area contributed by atoms with Gasteiger partial charge in [0.05, 0.1) is 10.6 Å². The van der Waals surface area contributed by atoms with Crippen molar-refractivity contribution in [2.24, 2.45) is 5.16 Å². The number of allylic oxidation sites excluding steroid dienone is 2. The number of oxime groups is 1. The van der Waals surface area contributed by atoms with Gasteiger partial charge in [-0.05, 0) is 59.9 Å². The summed E-state index contributed by atoms with van der Waals surface area (Å²) in [6, 6.07) is 16.0. The first-order valence-corrected chi connectivity index (χ1v) is 9.90. The van der Waals surface area contributed by atoms with Crippen LogP contribution in [0.1, 0.15) is 25.0 Å². The molecule has 136 valence electrons. The van der Waals surface area contributed by atoms with Gasteiger partial charge in [0.1, 0.15) is 0 Å². The van der Waals surface area contributed by atoms with Crippen LogP contribution in [0.4, 0.5) is 0 Å². The number of hydrogen-bond donors (Lipinski definition) is 0. The number of hydrogen-bond acceptors (Lipinski definition) is 6. The van der Waals surface area contributed by atoms with E-state index in [0.29, 0.717) is 5.71 Å². The Morgan fingerprint density at radius 2 is 1.67 bits per heavy atom. The molecular formula is C21H17NO3S2. The predicted octanol–water partition coefficient (Wildman–Crippen LogP) is 5.30. The standard InChI is InChI=1S/C21H17NO3S2/c1-14(22-25-15(2)23)17-5-9-19(10-6-17)27-18-7-3-16(4-8-18)13-21-20(24)11-12-26-21/h3-13H,1-2H3/b21-13-,22-14+. The molecule has 2 aromatic carbocycles. The zero-order chi connectivity index (χ0) is 19.2. The minimum Gasteiger partial charge on any atom is -0.318 e. The van der Waals surface area contributed by atoms with E-state index in [4.69, 9.17) is 0 Å². The fourth-order valence-electron chi connectivity index (χ4n) is 2.28. The Morgan fingerprint density at radius 1 is 1.04 bits per heavy atom. The van der Waals surface area contributed by atoms with Crippen LogP contribution in [0.15, 0.2) is 79.9 Å². The third-order valence-electron chi connectivity index (χ3n) is 3.65. The van der Waals surface area contributed by atoms with Gasteiger partial charge in [0.15, 0.2) is 5.78 Å².